The van der Waals surface area contributed by atoms with Gasteiger partial charge in [0.1, 0.15) is 13.2 Å². The molecule has 6 heteroatoms. The van der Waals surface area contributed by atoms with Gasteiger partial charge in [-0.2, -0.15) is 0 Å². The Bertz CT molecular complexity index is 1310. The molecule has 65 heavy (non-hydrogen) atoms. The minimum atomic E-state index is -0.803. The molecule has 0 saturated carbocycles. The largest absolute Gasteiger partial charge is 0.462 e. The van der Waals surface area contributed by atoms with Gasteiger partial charge in [0, 0.05) is 19.3 Å². The SMILES string of the molecule is CC/C=C\C/C=C\C/C=C\CCCCCCCC(=O)OC[C@H](COC(=O)CCCCCCC/C=C\C/C=C\CCCCC)OC(=O)CCCCCC/C=C\C/C=C\C/C=C\CCCCC. The molecule has 370 valence electrons. The van der Waals surface area contributed by atoms with Crippen LogP contribution < -0.4 is 0 Å². The smallest absolute Gasteiger partial charge is 0.306 e. The van der Waals surface area contributed by atoms with E-state index in [4.69, 9.17) is 14.2 Å². The first-order valence-electron chi connectivity index (χ1n) is 26.7. The van der Waals surface area contributed by atoms with Gasteiger partial charge in [0.15, 0.2) is 6.10 Å². The van der Waals surface area contributed by atoms with E-state index >= 15 is 0 Å². The van der Waals surface area contributed by atoms with Crippen LogP contribution in [-0.4, -0.2) is 37.2 Å². The van der Waals surface area contributed by atoms with Gasteiger partial charge in [-0.05, 0) is 122 Å². The van der Waals surface area contributed by atoms with Crippen LogP contribution in [0.25, 0.3) is 0 Å². The molecule has 0 bridgehead atoms. The fourth-order valence-corrected chi connectivity index (χ4v) is 7.02. The molecule has 0 aromatic carbocycles. The molecule has 1 atom stereocenters. The minimum Gasteiger partial charge on any atom is -0.462 e. The summed E-state index contributed by atoms with van der Waals surface area (Å²) < 4.78 is 16.8. The first kappa shape index (κ1) is 61.3. The average molecular weight is 903 g/mol. The highest BCUT2D eigenvalue weighted by molar-refractivity contribution is 5.71. The Morgan fingerprint density at radius 3 is 0.938 bits per heavy atom. The van der Waals surface area contributed by atoms with Gasteiger partial charge >= 0.3 is 17.9 Å². The third-order valence-electron chi connectivity index (χ3n) is 11.0. The Morgan fingerprint density at radius 1 is 0.323 bits per heavy atom. The van der Waals surface area contributed by atoms with E-state index in [9.17, 15) is 14.4 Å². The van der Waals surface area contributed by atoms with Crippen molar-refractivity contribution in [3.63, 3.8) is 0 Å². The molecular formula is C59H98O6. The quantitative estimate of drug-likeness (QED) is 0.0262. The highest BCUT2D eigenvalue weighted by Crippen LogP contribution is 2.13. The molecule has 0 aliphatic heterocycles. The molecule has 0 aliphatic rings. The zero-order chi connectivity index (χ0) is 47.2. The minimum absolute atomic E-state index is 0.101. The first-order valence-corrected chi connectivity index (χ1v) is 26.7. The van der Waals surface area contributed by atoms with Gasteiger partial charge in [-0.3, -0.25) is 14.4 Å². The number of hydrogen-bond donors (Lipinski definition) is 0. The Kier molecular flexibility index (Phi) is 50.0. The topological polar surface area (TPSA) is 78.9 Å². The van der Waals surface area contributed by atoms with Crippen LogP contribution >= 0.6 is 0 Å². The van der Waals surface area contributed by atoms with Gasteiger partial charge in [-0.1, -0.05) is 195 Å². The second-order valence-corrected chi connectivity index (χ2v) is 17.4. The zero-order valence-electron chi connectivity index (χ0n) is 42.2. The van der Waals surface area contributed by atoms with E-state index in [1.54, 1.807) is 0 Å². The highest BCUT2D eigenvalue weighted by Gasteiger charge is 2.19. The first-order chi connectivity index (χ1) is 32.0. The number of unbranched alkanes of at least 4 members (excludes halogenated alkanes) is 20. The molecule has 0 aromatic heterocycles. The normalized spacial score (nSPS) is 12.8. The third-order valence-corrected chi connectivity index (χ3v) is 11.0. The highest BCUT2D eigenvalue weighted by atomic mass is 16.6. The van der Waals surface area contributed by atoms with E-state index in [2.05, 4.69) is 118 Å². The van der Waals surface area contributed by atoms with Crippen molar-refractivity contribution in [2.24, 2.45) is 0 Å². The number of ether oxygens (including phenoxy) is 3. The van der Waals surface area contributed by atoms with Gasteiger partial charge in [0.2, 0.25) is 0 Å². The lowest BCUT2D eigenvalue weighted by Crippen LogP contribution is -2.30. The van der Waals surface area contributed by atoms with Crippen LogP contribution in [-0.2, 0) is 28.6 Å². The van der Waals surface area contributed by atoms with Crippen LogP contribution in [0.15, 0.2) is 97.2 Å². The molecule has 0 N–H and O–H groups in total. The van der Waals surface area contributed by atoms with E-state index in [0.29, 0.717) is 19.3 Å². The van der Waals surface area contributed by atoms with E-state index in [1.165, 1.54) is 51.4 Å². The molecule has 0 saturated heterocycles. The number of hydrogen-bond acceptors (Lipinski definition) is 6. The summed E-state index contributed by atoms with van der Waals surface area (Å²) in [6.07, 6.45) is 69.5. The Labute approximate surface area is 400 Å². The second kappa shape index (κ2) is 52.9. The van der Waals surface area contributed by atoms with E-state index in [0.717, 1.165) is 148 Å². The number of carbonyl (C=O) groups excluding carboxylic acids is 3. The summed E-state index contributed by atoms with van der Waals surface area (Å²) >= 11 is 0. The van der Waals surface area contributed by atoms with E-state index in [-0.39, 0.29) is 31.1 Å². The van der Waals surface area contributed by atoms with Crippen LogP contribution in [0.4, 0.5) is 0 Å². The molecule has 0 rings (SSSR count). The van der Waals surface area contributed by atoms with Gasteiger partial charge < -0.3 is 14.2 Å². The lowest BCUT2D eigenvalue weighted by Gasteiger charge is -2.18. The summed E-state index contributed by atoms with van der Waals surface area (Å²) in [7, 11) is 0. The number of allylic oxidation sites excluding steroid dienone is 16. The van der Waals surface area contributed by atoms with Gasteiger partial charge in [-0.15, -0.1) is 0 Å². The van der Waals surface area contributed by atoms with Crippen molar-refractivity contribution in [2.45, 2.75) is 245 Å². The summed E-state index contributed by atoms with van der Waals surface area (Å²) in [5.41, 5.74) is 0. The Hall–Kier alpha value is -3.67. The van der Waals surface area contributed by atoms with E-state index in [1.807, 2.05) is 0 Å². The van der Waals surface area contributed by atoms with Crippen molar-refractivity contribution in [2.75, 3.05) is 13.2 Å². The third kappa shape index (κ3) is 51.2. The predicted molar refractivity (Wildman–Crippen MR) is 279 cm³/mol. The van der Waals surface area contributed by atoms with Gasteiger partial charge in [0.05, 0.1) is 0 Å². The lowest BCUT2D eigenvalue weighted by molar-refractivity contribution is -0.167. The van der Waals surface area contributed by atoms with Gasteiger partial charge in [0.25, 0.3) is 0 Å². The Balaban J connectivity index is 4.50. The summed E-state index contributed by atoms with van der Waals surface area (Å²) in [5, 5.41) is 0. The summed E-state index contributed by atoms with van der Waals surface area (Å²) in [4.78, 5) is 38.0. The van der Waals surface area contributed by atoms with Crippen molar-refractivity contribution in [1.29, 1.82) is 0 Å². The standard InChI is InChI=1S/C59H98O6/c1-4-7-10-13-16-19-22-25-28-29-32-35-38-41-44-47-50-53-59(62)65-56(54-63-57(60)51-48-45-42-39-36-33-30-26-23-20-17-14-11-8-5-2)55-64-58(61)52-49-46-43-40-37-34-31-27-24-21-18-15-12-9-6-3/h8,11,16-21,25-28,30-32,35,56H,4-7,9-10,12-15,22-24,29,33-34,36-55H2,1-3H3/b11-8-,19-16-,20-17-,21-18-,28-25-,30-26-,31-27-,35-32-/t56-/m1/s1. The number of carbonyl (C=O) groups is 3. The summed E-state index contributed by atoms with van der Waals surface area (Å²) in [6.45, 7) is 6.42. The molecule has 0 radical (unpaired) electrons. The van der Waals surface area contributed by atoms with Crippen LogP contribution in [0.5, 0.6) is 0 Å². The van der Waals surface area contributed by atoms with Crippen molar-refractivity contribution >= 4 is 17.9 Å². The second-order valence-electron chi connectivity index (χ2n) is 17.4. The van der Waals surface area contributed by atoms with Crippen LogP contribution in [0, 0.1) is 0 Å². The molecule has 0 heterocycles. The van der Waals surface area contributed by atoms with E-state index < -0.39 is 6.10 Å². The van der Waals surface area contributed by atoms with Crippen LogP contribution in [0.2, 0.25) is 0 Å². The van der Waals surface area contributed by atoms with Gasteiger partial charge in [-0.25, -0.2) is 0 Å². The maximum Gasteiger partial charge on any atom is 0.306 e. The summed E-state index contributed by atoms with van der Waals surface area (Å²) in [6, 6.07) is 0. The van der Waals surface area contributed by atoms with Crippen molar-refractivity contribution in [3.8, 4) is 0 Å². The predicted octanol–water partition coefficient (Wildman–Crippen LogP) is 17.8. The Morgan fingerprint density at radius 2 is 0.600 bits per heavy atom. The van der Waals surface area contributed by atoms with Crippen LogP contribution in [0.1, 0.15) is 239 Å². The fraction of sp³-hybridized carbons (Fsp3) is 0.678. The molecule has 0 unspecified atom stereocenters. The molecule has 0 aliphatic carbocycles. The zero-order valence-corrected chi connectivity index (χ0v) is 42.2. The molecule has 6 nitrogen and oxygen atoms in total. The van der Waals surface area contributed by atoms with Crippen LogP contribution in [0.3, 0.4) is 0 Å². The monoisotopic (exact) mass is 903 g/mol. The fourth-order valence-electron chi connectivity index (χ4n) is 7.02. The molecular weight excluding hydrogens is 805 g/mol. The molecule has 0 aromatic rings. The maximum atomic E-state index is 12.8. The maximum absolute atomic E-state index is 12.8. The molecule has 0 amide bonds. The lowest BCUT2D eigenvalue weighted by atomic mass is 10.1. The summed E-state index contributed by atoms with van der Waals surface area (Å²) in [5.74, 6) is -0.954. The molecule has 0 spiro atoms. The number of esters is 3. The average Bonchev–Trinajstić information content (AvgIpc) is 3.30. The molecule has 0 fully saturated rings. The van der Waals surface area contributed by atoms with Crippen molar-refractivity contribution in [1.82, 2.24) is 0 Å². The number of rotatable bonds is 47. The van der Waals surface area contributed by atoms with Crippen molar-refractivity contribution < 1.29 is 28.6 Å². The van der Waals surface area contributed by atoms with Crippen molar-refractivity contribution in [3.05, 3.63) is 97.2 Å².